The van der Waals surface area contributed by atoms with Gasteiger partial charge in [-0.1, -0.05) is 45.2 Å². The summed E-state index contributed by atoms with van der Waals surface area (Å²) >= 11 is 15.8. The number of nitrogens with one attached hydrogen (secondary N) is 3. The third-order valence-electron chi connectivity index (χ3n) is 4.73. The van der Waals surface area contributed by atoms with Gasteiger partial charge in [-0.25, -0.2) is 4.79 Å². The molecule has 1 aromatic heterocycles. The standard InChI is InChI=1S/C22H18BrCl2N3O3/c1-30-20-6-13(10-26-15-4-5-18-19(8-15)28-22(29)27-18)16(23)9-21(20)31-11-12-2-3-14(24)7-17(12)25/h2-9,26H,10-11H2,1H3,(H2,27,28,29). The van der Waals surface area contributed by atoms with Crippen molar-refractivity contribution >= 4 is 55.9 Å². The summed E-state index contributed by atoms with van der Waals surface area (Å²) in [5, 5.41) is 4.48. The maximum Gasteiger partial charge on any atom is 0.323 e. The number of aromatic nitrogens is 2. The molecule has 0 spiro atoms. The number of hydrogen-bond acceptors (Lipinski definition) is 4. The number of fused-ring (bicyclic) bond motifs is 1. The molecule has 0 aliphatic carbocycles. The quantitative estimate of drug-likeness (QED) is 0.273. The Hall–Kier alpha value is -2.61. The van der Waals surface area contributed by atoms with E-state index in [4.69, 9.17) is 32.7 Å². The second kappa shape index (κ2) is 9.26. The predicted molar refractivity (Wildman–Crippen MR) is 128 cm³/mol. The number of anilines is 1. The first kappa shape index (κ1) is 21.6. The van der Waals surface area contributed by atoms with Gasteiger partial charge in [0.25, 0.3) is 0 Å². The number of rotatable bonds is 7. The number of hydrogen-bond donors (Lipinski definition) is 3. The van der Waals surface area contributed by atoms with Crippen molar-refractivity contribution in [3.05, 3.63) is 84.7 Å². The zero-order valence-electron chi connectivity index (χ0n) is 16.4. The summed E-state index contributed by atoms with van der Waals surface area (Å²) in [5.41, 5.74) is 3.97. The van der Waals surface area contributed by atoms with Gasteiger partial charge in [0.2, 0.25) is 0 Å². The minimum atomic E-state index is -0.227. The van der Waals surface area contributed by atoms with Gasteiger partial charge in [-0.15, -0.1) is 0 Å². The van der Waals surface area contributed by atoms with Crippen molar-refractivity contribution in [3.63, 3.8) is 0 Å². The fourth-order valence-corrected chi connectivity index (χ4v) is 4.04. The van der Waals surface area contributed by atoms with Crippen molar-refractivity contribution in [2.45, 2.75) is 13.2 Å². The molecule has 9 heteroatoms. The molecule has 31 heavy (non-hydrogen) atoms. The number of ether oxygens (including phenoxy) is 2. The lowest BCUT2D eigenvalue weighted by atomic mass is 10.2. The van der Waals surface area contributed by atoms with Crippen LogP contribution in [0.1, 0.15) is 11.1 Å². The predicted octanol–water partition coefficient (Wildman–Crippen LogP) is 6.13. The second-order valence-corrected chi connectivity index (χ2v) is 8.51. The summed E-state index contributed by atoms with van der Waals surface area (Å²) in [6, 6.07) is 14.7. The molecular formula is C22H18BrCl2N3O3. The van der Waals surface area contributed by atoms with Gasteiger partial charge in [0, 0.05) is 32.3 Å². The average Bonchev–Trinajstić information content (AvgIpc) is 3.11. The first-order chi connectivity index (χ1) is 14.9. The Kier molecular flexibility index (Phi) is 6.46. The van der Waals surface area contributed by atoms with E-state index >= 15 is 0 Å². The summed E-state index contributed by atoms with van der Waals surface area (Å²) in [6.45, 7) is 0.825. The van der Waals surface area contributed by atoms with E-state index in [-0.39, 0.29) is 12.3 Å². The molecule has 0 radical (unpaired) electrons. The summed E-state index contributed by atoms with van der Waals surface area (Å²) in [4.78, 5) is 16.9. The molecule has 6 nitrogen and oxygen atoms in total. The molecule has 1 heterocycles. The molecule has 0 aliphatic rings. The van der Waals surface area contributed by atoms with E-state index < -0.39 is 0 Å². The Balaban J connectivity index is 1.49. The maximum atomic E-state index is 11.4. The minimum Gasteiger partial charge on any atom is -0.493 e. The maximum absolute atomic E-state index is 11.4. The van der Waals surface area contributed by atoms with E-state index in [0.29, 0.717) is 28.1 Å². The van der Waals surface area contributed by atoms with Gasteiger partial charge in [-0.05, 0) is 48.0 Å². The third kappa shape index (κ3) is 5.01. The van der Waals surface area contributed by atoms with Crippen molar-refractivity contribution in [2.75, 3.05) is 12.4 Å². The van der Waals surface area contributed by atoms with Gasteiger partial charge < -0.3 is 24.8 Å². The van der Waals surface area contributed by atoms with Gasteiger partial charge in [0.15, 0.2) is 11.5 Å². The van der Waals surface area contributed by atoms with Gasteiger partial charge in [-0.2, -0.15) is 0 Å². The third-order valence-corrected chi connectivity index (χ3v) is 6.06. The number of imidazole rings is 1. The lowest BCUT2D eigenvalue weighted by molar-refractivity contribution is 0.284. The fourth-order valence-electron chi connectivity index (χ4n) is 3.12. The fraction of sp³-hybridized carbons (Fsp3) is 0.136. The number of aromatic amines is 2. The molecule has 0 saturated heterocycles. The Labute approximate surface area is 196 Å². The SMILES string of the molecule is COc1cc(CNc2ccc3[nH]c(=O)[nH]c3c2)c(Br)cc1OCc1ccc(Cl)cc1Cl. The molecule has 0 aliphatic heterocycles. The van der Waals surface area contributed by atoms with Crippen LogP contribution in [-0.2, 0) is 13.2 Å². The molecule has 0 fully saturated rings. The molecule has 0 bridgehead atoms. The van der Waals surface area contributed by atoms with Crippen LogP contribution in [0, 0.1) is 0 Å². The zero-order valence-corrected chi connectivity index (χ0v) is 19.5. The molecule has 3 aromatic carbocycles. The summed E-state index contributed by atoms with van der Waals surface area (Å²) in [6.07, 6.45) is 0. The van der Waals surface area contributed by atoms with Crippen LogP contribution in [0.3, 0.4) is 0 Å². The van der Waals surface area contributed by atoms with E-state index in [1.165, 1.54) is 0 Å². The first-order valence-electron chi connectivity index (χ1n) is 9.32. The van der Waals surface area contributed by atoms with E-state index in [1.54, 1.807) is 19.2 Å². The lowest BCUT2D eigenvalue weighted by Gasteiger charge is -2.15. The molecular weight excluding hydrogens is 505 g/mol. The van der Waals surface area contributed by atoms with E-state index in [1.807, 2.05) is 36.4 Å². The summed E-state index contributed by atoms with van der Waals surface area (Å²) < 4.78 is 12.3. The highest BCUT2D eigenvalue weighted by atomic mass is 79.9. The van der Waals surface area contributed by atoms with Crippen molar-refractivity contribution in [2.24, 2.45) is 0 Å². The van der Waals surface area contributed by atoms with Gasteiger partial charge >= 0.3 is 5.69 Å². The van der Waals surface area contributed by atoms with Crippen LogP contribution in [0.15, 0.2) is 57.8 Å². The average molecular weight is 523 g/mol. The molecule has 4 rings (SSSR count). The van der Waals surface area contributed by atoms with E-state index in [9.17, 15) is 4.79 Å². The van der Waals surface area contributed by atoms with Crippen molar-refractivity contribution in [3.8, 4) is 11.5 Å². The van der Waals surface area contributed by atoms with Gasteiger partial charge in [0.05, 0.1) is 18.1 Å². The molecule has 0 amide bonds. The minimum absolute atomic E-state index is 0.227. The zero-order chi connectivity index (χ0) is 22.0. The van der Waals surface area contributed by atoms with Gasteiger partial charge in [-0.3, -0.25) is 0 Å². The second-order valence-electron chi connectivity index (χ2n) is 6.81. The van der Waals surface area contributed by atoms with Crippen LogP contribution in [0.2, 0.25) is 10.0 Å². The number of benzene rings is 3. The van der Waals surface area contributed by atoms with Crippen LogP contribution < -0.4 is 20.5 Å². The Bertz CT molecular complexity index is 1300. The molecule has 3 N–H and O–H groups in total. The summed E-state index contributed by atoms with van der Waals surface area (Å²) in [7, 11) is 1.60. The van der Waals surface area contributed by atoms with Crippen molar-refractivity contribution in [1.29, 1.82) is 0 Å². The molecule has 0 unspecified atom stereocenters. The molecule has 0 saturated carbocycles. The largest absolute Gasteiger partial charge is 0.493 e. The van der Waals surface area contributed by atoms with Crippen LogP contribution in [0.25, 0.3) is 11.0 Å². The first-order valence-corrected chi connectivity index (χ1v) is 10.9. The Morgan fingerprint density at radius 2 is 1.77 bits per heavy atom. The van der Waals surface area contributed by atoms with Crippen molar-refractivity contribution < 1.29 is 9.47 Å². The number of H-pyrrole nitrogens is 2. The highest BCUT2D eigenvalue weighted by Gasteiger charge is 2.12. The molecule has 160 valence electrons. The van der Waals surface area contributed by atoms with Crippen LogP contribution in [0.4, 0.5) is 5.69 Å². The monoisotopic (exact) mass is 521 g/mol. The summed E-state index contributed by atoms with van der Waals surface area (Å²) in [5.74, 6) is 1.20. The smallest absolute Gasteiger partial charge is 0.323 e. The van der Waals surface area contributed by atoms with E-state index in [2.05, 4.69) is 31.2 Å². The highest BCUT2D eigenvalue weighted by molar-refractivity contribution is 9.10. The van der Waals surface area contributed by atoms with Crippen LogP contribution in [-0.4, -0.2) is 17.1 Å². The Morgan fingerprint density at radius 3 is 2.55 bits per heavy atom. The van der Waals surface area contributed by atoms with Crippen LogP contribution in [0.5, 0.6) is 11.5 Å². The Morgan fingerprint density at radius 1 is 0.968 bits per heavy atom. The topological polar surface area (TPSA) is 79.1 Å². The number of halogens is 3. The molecule has 0 atom stereocenters. The van der Waals surface area contributed by atoms with Crippen LogP contribution >= 0.6 is 39.1 Å². The van der Waals surface area contributed by atoms with E-state index in [0.717, 1.165) is 32.3 Å². The molecule has 4 aromatic rings. The number of methoxy groups -OCH3 is 1. The highest BCUT2D eigenvalue weighted by Crippen LogP contribution is 2.35. The normalized spacial score (nSPS) is 11.0. The van der Waals surface area contributed by atoms with Gasteiger partial charge in [0.1, 0.15) is 6.61 Å². The van der Waals surface area contributed by atoms with Crippen molar-refractivity contribution in [1.82, 2.24) is 9.97 Å². The lowest BCUT2D eigenvalue weighted by Crippen LogP contribution is -2.03.